The van der Waals surface area contributed by atoms with Crippen molar-refractivity contribution in [3.05, 3.63) is 82.6 Å². The fourth-order valence-electron chi connectivity index (χ4n) is 2.71. The van der Waals surface area contributed by atoms with Gasteiger partial charge in [0.2, 0.25) is 0 Å². The van der Waals surface area contributed by atoms with E-state index in [1.54, 1.807) is 36.4 Å². The average molecular weight is 383 g/mol. The molecule has 2 N–H and O–H groups in total. The normalized spacial score (nSPS) is 12.1. The van der Waals surface area contributed by atoms with Gasteiger partial charge in [0.15, 0.2) is 5.75 Å². The molecule has 0 aliphatic carbocycles. The van der Waals surface area contributed by atoms with Crippen LogP contribution in [0, 0.1) is 5.82 Å². The maximum atomic E-state index is 13.8. The molecule has 1 aliphatic heterocycles. The van der Waals surface area contributed by atoms with E-state index in [0.29, 0.717) is 27.9 Å². The number of fused-ring (bicyclic) bond motifs is 2. The zero-order chi connectivity index (χ0) is 19.0. The fourth-order valence-corrected chi connectivity index (χ4v) is 2.89. The molecule has 2 amide bonds. The van der Waals surface area contributed by atoms with Gasteiger partial charge in [-0.15, -0.1) is 0 Å². The third kappa shape index (κ3) is 3.35. The third-order valence-electron chi connectivity index (χ3n) is 4.01. The minimum absolute atomic E-state index is 0.0878. The summed E-state index contributed by atoms with van der Waals surface area (Å²) in [5.41, 5.74) is 0.925. The summed E-state index contributed by atoms with van der Waals surface area (Å²) in [6.45, 7) is 0. The Morgan fingerprint density at radius 1 is 1.04 bits per heavy atom. The Morgan fingerprint density at radius 2 is 1.81 bits per heavy atom. The van der Waals surface area contributed by atoms with Crippen molar-refractivity contribution in [2.24, 2.45) is 0 Å². The van der Waals surface area contributed by atoms with E-state index in [1.807, 2.05) is 0 Å². The predicted molar refractivity (Wildman–Crippen MR) is 100 cm³/mol. The lowest BCUT2D eigenvalue weighted by molar-refractivity contribution is 0.101. The number of nitrogens with one attached hydrogen (secondary N) is 2. The standard InChI is InChI=1S/C20H12ClFN2O3/c21-11-5-7-18-16(9-11)24-20(26)14-10-12(6-8-17(14)27-18)23-19(25)13-3-1-2-4-15(13)22/h1-10H,(H,23,25)(H,24,26). The van der Waals surface area contributed by atoms with Crippen LogP contribution in [0.25, 0.3) is 0 Å². The highest BCUT2D eigenvalue weighted by atomic mass is 35.5. The first-order valence-corrected chi connectivity index (χ1v) is 8.38. The summed E-state index contributed by atoms with van der Waals surface area (Å²) in [4.78, 5) is 24.8. The van der Waals surface area contributed by atoms with Crippen LogP contribution in [-0.4, -0.2) is 11.8 Å². The second-order valence-corrected chi connectivity index (χ2v) is 6.28. The van der Waals surface area contributed by atoms with Gasteiger partial charge in [0.05, 0.1) is 16.8 Å². The van der Waals surface area contributed by atoms with Crippen LogP contribution in [0.5, 0.6) is 11.5 Å². The molecule has 5 nitrogen and oxygen atoms in total. The minimum atomic E-state index is -0.627. The summed E-state index contributed by atoms with van der Waals surface area (Å²) < 4.78 is 19.5. The molecular formula is C20H12ClFN2O3. The highest BCUT2D eigenvalue weighted by Crippen LogP contribution is 2.37. The Morgan fingerprint density at radius 3 is 2.63 bits per heavy atom. The maximum Gasteiger partial charge on any atom is 0.259 e. The summed E-state index contributed by atoms with van der Waals surface area (Å²) in [6.07, 6.45) is 0. The van der Waals surface area contributed by atoms with E-state index < -0.39 is 17.6 Å². The molecule has 1 aliphatic rings. The van der Waals surface area contributed by atoms with Gasteiger partial charge in [-0.2, -0.15) is 0 Å². The molecule has 27 heavy (non-hydrogen) atoms. The van der Waals surface area contributed by atoms with Crippen LogP contribution in [0.1, 0.15) is 20.7 Å². The first-order valence-electron chi connectivity index (χ1n) is 8.00. The number of hydrogen-bond acceptors (Lipinski definition) is 3. The molecule has 0 spiro atoms. The van der Waals surface area contributed by atoms with Crippen LogP contribution in [0.15, 0.2) is 60.7 Å². The highest BCUT2D eigenvalue weighted by molar-refractivity contribution is 6.31. The Labute approximate surface area is 158 Å². The van der Waals surface area contributed by atoms with Gasteiger partial charge in [0.25, 0.3) is 11.8 Å². The van der Waals surface area contributed by atoms with Gasteiger partial charge in [-0.1, -0.05) is 23.7 Å². The molecule has 3 aromatic carbocycles. The molecule has 3 aromatic rings. The van der Waals surface area contributed by atoms with Crippen LogP contribution in [0.3, 0.4) is 0 Å². The van der Waals surface area contributed by atoms with Crippen LogP contribution in [-0.2, 0) is 0 Å². The molecule has 0 saturated heterocycles. The molecule has 0 bridgehead atoms. The zero-order valence-electron chi connectivity index (χ0n) is 13.8. The van der Waals surface area contributed by atoms with E-state index in [-0.39, 0.29) is 11.1 Å². The summed E-state index contributed by atoms with van der Waals surface area (Å²) in [6, 6.07) is 15.2. The minimum Gasteiger partial charge on any atom is -0.454 e. The number of ether oxygens (including phenoxy) is 1. The number of hydrogen-bond donors (Lipinski definition) is 2. The quantitative estimate of drug-likeness (QED) is 0.648. The Kier molecular flexibility index (Phi) is 4.25. The van der Waals surface area contributed by atoms with E-state index in [2.05, 4.69) is 10.6 Å². The molecule has 0 radical (unpaired) electrons. The predicted octanol–water partition coefficient (Wildman–Crippen LogP) is 5.09. The van der Waals surface area contributed by atoms with Gasteiger partial charge in [-0.3, -0.25) is 9.59 Å². The second-order valence-electron chi connectivity index (χ2n) is 5.84. The van der Waals surface area contributed by atoms with Crippen LogP contribution >= 0.6 is 11.6 Å². The van der Waals surface area contributed by atoms with Crippen molar-refractivity contribution in [2.75, 3.05) is 10.6 Å². The van der Waals surface area contributed by atoms with E-state index in [1.165, 1.54) is 24.3 Å². The molecule has 7 heteroatoms. The number of halogens is 2. The molecule has 0 fully saturated rings. The number of anilines is 2. The topological polar surface area (TPSA) is 67.4 Å². The van der Waals surface area contributed by atoms with Gasteiger partial charge in [0, 0.05) is 10.7 Å². The van der Waals surface area contributed by atoms with Crippen LogP contribution in [0.4, 0.5) is 15.8 Å². The molecular weight excluding hydrogens is 371 g/mol. The Balaban J connectivity index is 1.64. The van der Waals surface area contributed by atoms with E-state index >= 15 is 0 Å². The van der Waals surface area contributed by atoms with Crippen molar-refractivity contribution in [3.8, 4) is 11.5 Å². The van der Waals surface area contributed by atoms with E-state index in [4.69, 9.17) is 16.3 Å². The largest absolute Gasteiger partial charge is 0.454 e. The average Bonchev–Trinajstić information content (AvgIpc) is 2.78. The second kappa shape index (κ2) is 6.74. The summed E-state index contributed by atoms with van der Waals surface area (Å²) in [5.74, 6) is -0.864. The number of carbonyl (C=O) groups excluding carboxylic acids is 2. The van der Waals surface area contributed by atoms with Gasteiger partial charge >= 0.3 is 0 Å². The first-order chi connectivity index (χ1) is 13.0. The zero-order valence-corrected chi connectivity index (χ0v) is 14.5. The lowest BCUT2D eigenvalue weighted by Crippen LogP contribution is -2.15. The van der Waals surface area contributed by atoms with Crippen molar-refractivity contribution in [2.45, 2.75) is 0 Å². The van der Waals surface area contributed by atoms with E-state index in [9.17, 15) is 14.0 Å². The molecule has 0 saturated carbocycles. The molecule has 0 atom stereocenters. The maximum absolute atomic E-state index is 13.8. The van der Waals surface area contributed by atoms with Crippen LogP contribution < -0.4 is 15.4 Å². The van der Waals surface area contributed by atoms with Crippen molar-refractivity contribution >= 4 is 34.8 Å². The number of amides is 2. The van der Waals surface area contributed by atoms with E-state index in [0.717, 1.165) is 0 Å². The lowest BCUT2D eigenvalue weighted by Gasteiger charge is -2.10. The van der Waals surface area contributed by atoms with Crippen molar-refractivity contribution in [1.29, 1.82) is 0 Å². The van der Waals surface area contributed by atoms with Gasteiger partial charge in [-0.05, 0) is 48.5 Å². The molecule has 0 aromatic heterocycles. The summed E-state index contributed by atoms with van der Waals surface area (Å²) >= 11 is 5.96. The van der Waals surface area contributed by atoms with Crippen molar-refractivity contribution in [1.82, 2.24) is 0 Å². The molecule has 134 valence electrons. The Bertz CT molecular complexity index is 1080. The molecule has 0 unspecified atom stereocenters. The van der Waals surface area contributed by atoms with Gasteiger partial charge in [-0.25, -0.2) is 4.39 Å². The van der Waals surface area contributed by atoms with Crippen molar-refractivity contribution in [3.63, 3.8) is 0 Å². The first kappa shape index (κ1) is 17.1. The number of carbonyl (C=O) groups is 2. The van der Waals surface area contributed by atoms with Crippen LogP contribution in [0.2, 0.25) is 5.02 Å². The van der Waals surface area contributed by atoms with Crippen molar-refractivity contribution < 1.29 is 18.7 Å². The SMILES string of the molecule is O=C(Nc1ccc2c(c1)C(=O)Nc1cc(Cl)ccc1O2)c1ccccc1F. The Hall–Kier alpha value is -3.38. The highest BCUT2D eigenvalue weighted by Gasteiger charge is 2.22. The number of benzene rings is 3. The van der Waals surface area contributed by atoms with Gasteiger partial charge in [0.1, 0.15) is 11.6 Å². The lowest BCUT2D eigenvalue weighted by atomic mass is 10.1. The summed E-state index contributed by atoms with van der Waals surface area (Å²) in [5, 5.41) is 5.76. The monoisotopic (exact) mass is 382 g/mol. The molecule has 1 heterocycles. The fraction of sp³-hybridized carbons (Fsp3) is 0. The smallest absolute Gasteiger partial charge is 0.259 e. The van der Waals surface area contributed by atoms with Gasteiger partial charge < -0.3 is 15.4 Å². The third-order valence-corrected chi connectivity index (χ3v) is 4.25. The molecule has 4 rings (SSSR count). The number of rotatable bonds is 2. The summed E-state index contributed by atoms with van der Waals surface area (Å²) in [7, 11) is 0.